The van der Waals surface area contributed by atoms with Crippen molar-refractivity contribution < 1.29 is 56.2 Å². The summed E-state index contributed by atoms with van der Waals surface area (Å²) in [4.78, 5) is 93.3. The predicted octanol–water partition coefficient (Wildman–Crippen LogP) is 19.5. The number of nitrogens with zero attached hydrogens (tertiary/aromatic N) is 3. The highest BCUT2D eigenvalue weighted by molar-refractivity contribution is 7.89. The number of hydrogen-bond donors (Lipinski definition) is 5. The highest BCUT2D eigenvalue weighted by atomic mass is 32.2. The molecule has 20 nitrogen and oxygen atoms in total. The Balaban J connectivity index is 0.000000141. The van der Waals surface area contributed by atoms with Crippen molar-refractivity contribution >= 4 is 51.0 Å². The number of fused-ring (bicyclic) bond motifs is 17. The largest absolute Gasteiger partial charge is 0.370 e. The Hall–Kier alpha value is -4.74. The molecule has 5 N–H and O–H groups in total. The lowest BCUT2D eigenvalue weighted by molar-refractivity contribution is -0.122. The Kier molecular flexibility index (Phi) is 31.0. The van der Waals surface area contributed by atoms with E-state index >= 15 is 0 Å². The van der Waals surface area contributed by atoms with Gasteiger partial charge in [0.25, 0.3) is 0 Å². The summed E-state index contributed by atoms with van der Waals surface area (Å²) in [5.74, 6) is 11.5. The standard InChI is InChI=1S/C41H65N3O4.C40H63N3O4.C33H52N2O4S/c1-6-10-35(46)42-18-9-7-8-11-36(47)43-19-20-44-24-27(2)21-34-37(44)28(3)41(48-34)17-15-32-31-13-12-29-22-30(45)14-16-39(29,5)33(31)23-40(32)25-38(40,4)26-41;1-6-10-36(45)41-18-9-7-8-11-37(46)42-19-20-43-25-26(2)21-35-38(43)28(4)40(47-35)17-15-31-32-13-12-29-22-30(44)14-16-39(29,5)34(32)23-33(31)27(3)24-40;1-6-15-40(37,38)34-13-14-35-20-21(2)16-30-31(35)23(4)33(39-30)12-10-26-27-8-7-24-17-25(36)9-11-32(24,5)29(27)18-28(26)22(3)19-33/h22,27-28,31-34,37H,6-21,23-26H2,1-5H3,(H,42,46)(H,43,47);22,26,28,31-32,34-35,38H,6-21,23-25H2,1-5H3,(H,41,45)(H,42,46);17,21,23,26-27,29-31,34H,6-16,18-20H2,1-5H3/t27-,28+,31-,32-,33-,34+,37-,38?,39-,40?,41-;26-,28+,31-,32-,34-,35+,38-,39-,40-;21-,23+,26-,27-,29-,30+,31-,32-,33-/m000/s1. The van der Waals surface area contributed by atoms with E-state index < -0.39 is 10.0 Å². The first-order valence-electron chi connectivity index (χ1n) is 55.8. The third-order valence-corrected chi connectivity index (χ3v) is 43.2. The summed E-state index contributed by atoms with van der Waals surface area (Å²) in [6.45, 7) is 44.3. The number of carbonyl (C=O) groups is 7. The first-order chi connectivity index (χ1) is 64.4. The number of carbonyl (C=O) groups excluding carboxylic acids is 7. The van der Waals surface area contributed by atoms with E-state index in [1.54, 1.807) is 22.3 Å². The predicted molar refractivity (Wildman–Crippen MR) is 535 cm³/mol. The van der Waals surface area contributed by atoms with Crippen molar-refractivity contribution in [3.63, 3.8) is 0 Å². The van der Waals surface area contributed by atoms with Gasteiger partial charge in [-0.2, -0.15) is 0 Å². The minimum absolute atomic E-state index is 0.0319. The Morgan fingerprint density at radius 2 is 0.807 bits per heavy atom. The number of rotatable bonds is 28. The molecule has 13 aliphatic carbocycles. The fourth-order valence-corrected chi connectivity index (χ4v) is 36.0. The second kappa shape index (κ2) is 41.2. The van der Waals surface area contributed by atoms with Crippen LogP contribution in [0.4, 0.5) is 0 Å². The summed E-state index contributed by atoms with van der Waals surface area (Å²) in [5, 5.41) is 12.4. The molecule has 0 aromatic rings. The number of unbranched alkanes of at least 4 members (excludes halogenated alkanes) is 4. The number of piperidine rings is 3. The van der Waals surface area contributed by atoms with Gasteiger partial charge in [-0.3, -0.25) is 48.3 Å². The molecule has 6 aliphatic heterocycles. The number of ether oxygens (including phenoxy) is 3. The lowest BCUT2D eigenvalue weighted by atomic mass is 9.56. The number of nitrogens with one attached hydrogen (secondary N) is 5. The van der Waals surface area contributed by atoms with Crippen LogP contribution >= 0.6 is 0 Å². The van der Waals surface area contributed by atoms with Crippen molar-refractivity contribution in [1.29, 1.82) is 0 Å². The maximum Gasteiger partial charge on any atom is 0.220 e. The Labute approximate surface area is 814 Å². The van der Waals surface area contributed by atoms with Gasteiger partial charge in [0.05, 0.1) is 40.9 Å². The lowest BCUT2D eigenvalue weighted by Gasteiger charge is -2.48. The third kappa shape index (κ3) is 20.2. The molecule has 4 amide bonds. The van der Waals surface area contributed by atoms with Crippen LogP contribution < -0.4 is 26.0 Å². The Bertz CT molecular complexity index is 4650. The van der Waals surface area contributed by atoms with Gasteiger partial charge in [0.1, 0.15) is 0 Å². The van der Waals surface area contributed by atoms with E-state index in [9.17, 15) is 42.0 Å². The third-order valence-electron chi connectivity index (χ3n) is 41.6. The zero-order valence-corrected chi connectivity index (χ0v) is 87.3. The maximum absolute atomic E-state index is 12.7. The normalized spacial score (nSPS) is 42.1. The molecule has 754 valence electrons. The summed E-state index contributed by atoms with van der Waals surface area (Å²) >= 11 is 0. The van der Waals surface area contributed by atoms with Crippen LogP contribution in [0.15, 0.2) is 57.2 Å². The van der Waals surface area contributed by atoms with Gasteiger partial charge >= 0.3 is 0 Å². The van der Waals surface area contributed by atoms with Crippen molar-refractivity contribution in [3.8, 4) is 0 Å². The smallest absolute Gasteiger partial charge is 0.220 e. The van der Waals surface area contributed by atoms with Crippen LogP contribution in [-0.4, -0.2) is 195 Å². The van der Waals surface area contributed by atoms with Crippen molar-refractivity contribution in [2.45, 2.75) is 420 Å². The molecule has 0 aromatic carbocycles. The van der Waals surface area contributed by atoms with Gasteiger partial charge in [-0.15, -0.1) is 0 Å². The second-order valence-corrected chi connectivity index (χ2v) is 51.8. The highest BCUT2D eigenvalue weighted by Gasteiger charge is 2.78. The maximum atomic E-state index is 12.7. The molecule has 21 heteroatoms. The number of amides is 4. The number of sulfonamides is 1. The average molecular weight is 1890 g/mol. The topological polar surface area (TPSA) is 251 Å². The first kappa shape index (κ1) is 102. The van der Waals surface area contributed by atoms with Crippen molar-refractivity contribution in [2.75, 3.05) is 77.7 Å². The number of hydrogen-bond acceptors (Lipinski definition) is 15. The van der Waals surface area contributed by atoms with Crippen LogP contribution in [0, 0.1) is 116 Å². The first-order valence-corrected chi connectivity index (χ1v) is 57.5. The zero-order valence-electron chi connectivity index (χ0n) is 86.5. The van der Waals surface area contributed by atoms with Gasteiger partial charge in [0.2, 0.25) is 33.7 Å². The second-order valence-electron chi connectivity index (χ2n) is 49.9. The molecule has 135 heavy (non-hydrogen) atoms. The van der Waals surface area contributed by atoms with Gasteiger partial charge in [-0.25, -0.2) is 13.1 Å². The molecule has 0 radical (unpaired) electrons. The van der Waals surface area contributed by atoms with E-state index in [1.807, 2.05) is 32.9 Å². The van der Waals surface area contributed by atoms with Gasteiger partial charge in [-0.05, 0) is 336 Å². The molecule has 6 heterocycles. The minimum atomic E-state index is -3.19. The van der Waals surface area contributed by atoms with Crippen LogP contribution in [0.3, 0.4) is 0 Å². The van der Waals surface area contributed by atoms with Crippen LogP contribution in [0.2, 0.25) is 0 Å². The van der Waals surface area contributed by atoms with E-state index in [0.29, 0.717) is 176 Å². The highest BCUT2D eigenvalue weighted by Crippen LogP contribution is 2.84. The van der Waals surface area contributed by atoms with Crippen LogP contribution in [0.1, 0.15) is 367 Å². The van der Waals surface area contributed by atoms with E-state index in [1.165, 1.54) is 93.8 Å². The molecule has 4 spiro atoms. The van der Waals surface area contributed by atoms with E-state index in [2.05, 4.69) is 130 Å². The molecule has 14 fully saturated rings. The molecule has 29 atom stereocenters. The Morgan fingerprint density at radius 3 is 1.24 bits per heavy atom. The van der Waals surface area contributed by atoms with Gasteiger partial charge in [0.15, 0.2) is 17.3 Å². The number of likely N-dealkylation sites (tertiary alicyclic amines) is 3. The monoisotopic (exact) mass is 1890 g/mol. The lowest BCUT2D eigenvalue weighted by Crippen LogP contribution is -2.53. The van der Waals surface area contributed by atoms with Crippen molar-refractivity contribution in [3.05, 3.63) is 57.2 Å². The van der Waals surface area contributed by atoms with Crippen LogP contribution in [-0.2, 0) is 57.8 Å². The van der Waals surface area contributed by atoms with E-state index in [-0.39, 0.29) is 74.6 Å². The minimum Gasteiger partial charge on any atom is -0.370 e. The average Bonchev–Trinajstić information content (AvgIpc) is 1.48. The molecule has 19 aliphatic rings. The molecule has 2 unspecified atom stereocenters. The molecule has 19 rings (SSSR count). The Morgan fingerprint density at radius 1 is 0.422 bits per heavy atom. The molecular weight excluding hydrogens is 1710 g/mol. The fraction of sp³-hybridized carbons (Fsp3) is 0.851. The molecule has 0 aromatic heterocycles. The van der Waals surface area contributed by atoms with Gasteiger partial charge < -0.3 is 35.5 Å². The molecule has 8 saturated carbocycles. The van der Waals surface area contributed by atoms with Crippen molar-refractivity contribution in [1.82, 2.24) is 40.7 Å². The summed E-state index contributed by atoms with van der Waals surface area (Å²) < 4.78 is 49.3. The zero-order chi connectivity index (χ0) is 95.7. The SMILES string of the molecule is CCCC(=O)NCCCCCC(=O)NCCN1C[C@@H](C)C[C@H]2O[C@]3(CC[C@@H]4C(=C(C)C3)C[C@H]3[C@H]4CCC4=CC(=O)CC[C@@]43C)[C@H](C)[C@@H]21.CCCC(=O)NCCCCCC(=O)NCCN1C[C@@H](C)C[C@H]2O[C@]3(CC[C@H]4[C@@H]5CCC6=CC(=O)CC[C@]6(C)[C@H]5CC45CC5(C)C3)[C@H](C)[C@@H]21.CCCS(=O)(=O)NCCN1C[C@@H](C)C[C@H]2O[C@]3(CC[C@@H]4C(=C(C)C3)C[C@H]3[C@H]4CCC4=CC(=O)CC[C@@]43C)[C@H](C)[C@@H]21. The summed E-state index contributed by atoms with van der Waals surface area (Å²) in [5.41, 5.74) is 12.3. The molecular formula is C114H180N8O12S. The fourth-order valence-electron chi connectivity index (χ4n) is 34.9. The summed E-state index contributed by atoms with van der Waals surface area (Å²) in [7, 11) is -3.19. The quantitative estimate of drug-likeness (QED) is 0.0361. The van der Waals surface area contributed by atoms with Crippen LogP contribution in [0.5, 0.6) is 0 Å². The van der Waals surface area contributed by atoms with Crippen LogP contribution in [0.25, 0.3) is 0 Å². The molecule has 6 saturated heterocycles. The number of ketones is 3. The van der Waals surface area contributed by atoms with Gasteiger partial charge in [-0.1, -0.05) is 142 Å². The number of allylic oxidation sites excluding steroid dienone is 8. The van der Waals surface area contributed by atoms with E-state index in [0.717, 1.165) is 223 Å². The molecule has 0 bridgehead atoms. The van der Waals surface area contributed by atoms with Crippen molar-refractivity contribution in [2.24, 2.45) is 116 Å². The summed E-state index contributed by atoms with van der Waals surface area (Å²) in [6.07, 6.45) is 48.7. The van der Waals surface area contributed by atoms with Gasteiger partial charge in [0, 0.05) is 153 Å². The van der Waals surface area contributed by atoms with E-state index in [4.69, 9.17) is 14.2 Å². The summed E-state index contributed by atoms with van der Waals surface area (Å²) in [6, 6.07) is 1.21.